The molecule has 0 saturated carbocycles. The number of anilines is 2. The van der Waals surface area contributed by atoms with E-state index in [0.717, 1.165) is 61.3 Å². The van der Waals surface area contributed by atoms with E-state index in [9.17, 15) is 9.90 Å². The fraction of sp³-hybridized carbons (Fsp3) is 0.480. The first-order valence-electron chi connectivity index (χ1n) is 10.7. The van der Waals surface area contributed by atoms with Gasteiger partial charge in [-0.2, -0.15) is 0 Å². The van der Waals surface area contributed by atoms with Crippen molar-refractivity contribution in [1.82, 2.24) is 0 Å². The van der Waals surface area contributed by atoms with Crippen molar-refractivity contribution in [2.45, 2.75) is 51.9 Å². The molecule has 0 unspecified atom stereocenters. The van der Waals surface area contributed by atoms with E-state index in [4.69, 9.17) is 0 Å². The molecule has 0 bridgehead atoms. The molecule has 0 fully saturated rings. The third kappa shape index (κ3) is 5.31. The molecule has 29 heavy (non-hydrogen) atoms. The van der Waals surface area contributed by atoms with Gasteiger partial charge in [0, 0.05) is 38.6 Å². The van der Waals surface area contributed by atoms with Gasteiger partial charge >= 0.3 is 5.97 Å². The summed E-state index contributed by atoms with van der Waals surface area (Å²) in [5.74, 6) is -0.836. The van der Waals surface area contributed by atoms with Crippen LogP contribution in [0.3, 0.4) is 0 Å². The van der Waals surface area contributed by atoms with Crippen LogP contribution in [0, 0.1) is 0 Å². The Morgan fingerprint density at radius 1 is 0.793 bits per heavy atom. The highest BCUT2D eigenvalue weighted by Crippen LogP contribution is 2.34. The Morgan fingerprint density at radius 2 is 1.14 bits per heavy atom. The number of nitrogens with zero attached hydrogens (tertiary/aromatic N) is 2. The van der Waals surface area contributed by atoms with Gasteiger partial charge in [0.1, 0.15) is 5.41 Å². The fourth-order valence-corrected chi connectivity index (χ4v) is 3.56. The highest BCUT2D eigenvalue weighted by molar-refractivity contribution is 5.86. The van der Waals surface area contributed by atoms with Gasteiger partial charge in [0.15, 0.2) is 0 Å². The predicted molar refractivity (Wildman–Crippen MR) is 123 cm³/mol. The first-order chi connectivity index (χ1) is 13.8. The molecule has 1 N–H and O–H groups in total. The van der Waals surface area contributed by atoms with Crippen LogP contribution in [0.5, 0.6) is 0 Å². The van der Waals surface area contributed by atoms with E-state index in [0.29, 0.717) is 0 Å². The van der Waals surface area contributed by atoms with Gasteiger partial charge in [-0.25, -0.2) is 0 Å². The lowest BCUT2D eigenvalue weighted by Gasteiger charge is -2.28. The second-order valence-corrected chi connectivity index (χ2v) is 8.07. The van der Waals surface area contributed by atoms with Crippen molar-refractivity contribution >= 4 is 17.3 Å². The van der Waals surface area contributed by atoms with Crippen LogP contribution in [0.4, 0.5) is 11.4 Å². The smallest absolute Gasteiger partial charge is 0.318 e. The van der Waals surface area contributed by atoms with E-state index in [1.165, 1.54) is 0 Å². The summed E-state index contributed by atoms with van der Waals surface area (Å²) in [7, 11) is 4.16. The summed E-state index contributed by atoms with van der Waals surface area (Å²) in [4.78, 5) is 16.8. The number of carbonyl (C=O) groups is 1. The maximum absolute atomic E-state index is 12.3. The van der Waals surface area contributed by atoms with E-state index in [1.54, 1.807) is 6.92 Å². The van der Waals surface area contributed by atoms with E-state index >= 15 is 0 Å². The van der Waals surface area contributed by atoms with Crippen molar-refractivity contribution < 1.29 is 9.90 Å². The molecule has 0 aliphatic carbocycles. The van der Waals surface area contributed by atoms with E-state index in [2.05, 4.69) is 37.7 Å². The van der Waals surface area contributed by atoms with Crippen LogP contribution in [0.15, 0.2) is 48.5 Å². The molecule has 0 saturated heterocycles. The second kappa shape index (κ2) is 10.3. The van der Waals surface area contributed by atoms with Crippen molar-refractivity contribution in [3.63, 3.8) is 0 Å². The molecule has 0 aliphatic rings. The quantitative estimate of drug-likeness (QED) is 0.541. The molecule has 2 rings (SSSR count). The number of carboxylic acid groups (broad SMARTS) is 1. The Bertz CT molecular complexity index is 711. The molecule has 0 atom stereocenters. The van der Waals surface area contributed by atoms with Crippen molar-refractivity contribution in [3.8, 4) is 0 Å². The molecule has 0 aromatic heterocycles. The molecular weight excluding hydrogens is 360 g/mol. The van der Waals surface area contributed by atoms with Crippen molar-refractivity contribution in [3.05, 3.63) is 59.7 Å². The molecule has 0 spiro atoms. The summed E-state index contributed by atoms with van der Waals surface area (Å²) in [6.07, 6.45) is 4.60. The molecular formula is C25H36N2O2. The number of aliphatic carboxylic acids is 1. The number of benzene rings is 2. The van der Waals surface area contributed by atoms with Crippen LogP contribution in [0.1, 0.15) is 57.6 Å². The molecule has 2 aromatic carbocycles. The Morgan fingerprint density at radius 3 is 1.41 bits per heavy atom. The lowest BCUT2D eigenvalue weighted by molar-refractivity contribution is -0.141. The normalized spacial score (nSPS) is 11.3. The van der Waals surface area contributed by atoms with Crippen LogP contribution in [0.25, 0.3) is 0 Å². The summed E-state index contributed by atoms with van der Waals surface area (Å²) in [6.45, 7) is 8.16. The third-order valence-corrected chi connectivity index (χ3v) is 5.89. The van der Waals surface area contributed by atoms with E-state index in [-0.39, 0.29) is 0 Å². The average molecular weight is 397 g/mol. The second-order valence-electron chi connectivity index (χ2n) is 8.07. The number of hydrogen-bond acceptors (Lipinski definition) is 3. The largest absolute Gasteiger partial charge is 0.480 e. The zero-order chi connectivity index (χ0) is 21.4. The first-order valence-corrected chi connectivity index (χ1v) is 10.7. The summed E-state index contributed by atoms with van der Waals surface area (Å²) in [6, 6.07) is 15.9. The first kappa shape index (κ1) is 22.8. The summed E-state index contributed by atoms with van der Waals surface area (Å²) < 4.78 is 0. The SMILES string of the molecule is CCCCN(C)c1ccc(C(C)(C(=O)O)c2ccc(N(C)CCCC)cc2)cc1. The van der Waals surface area contributed by atoms with Gasteiger partial charge in [0.2, 0.25) is 0 Å². The summed E-state index contributed by atoms with van der Waals surface area (Å²) in [5.41, 5.74) is 2.74. The Hall–Kier alpha value is -2.49. The third-order valence-electron chi connectivity index (χ3n) is 5.89. The predicted octanol–water partition coefficient (Wildman–Crippen LogP) is 5.55. The highest BCUT2D eigenvalue weighted by atomic mass is 16.4. The zero-order valence-corrected chi connectivity index (χ0v) is 18.6. The van der Waals surface area contributed by atoms with Crippen LogP contribution < -0.4 is 9.80 Å². The molecule has 2 aromatic rings. The lowest BCUT2D eigenvalue weighted by Crippen LogP contribution is -2.33. The Kier molecular flexibility index (Phi) is 8.12. The maximum atomic E-state index is 12.3. The maximum Gasteiger partial charge on any atom is 0.318 e. The monoisotopic (exact) mass is 396 g/mol. The molecule has 4 nitrogen and oxygen atoms in total. The van der Waals surface area contributed by atoms with Gasteiger partial charge in [-0.3, -0.25) is 4.79 Å². The van der Waals surface area contributed by atoms with Gasteiger partial charge in [-0.15, -0.1) is 0 Å². The molecule has 4 heteroatoms. The number of rotatable bonds is 11. The minimum Gasteiger partial charge on any atom is -0.480 e. The zero-order valence-electron chi connectivity index (χ0n) is 18.6. The van der Waals surface area contributed by atoms with Crippen molar-refractivity contribution in [2.24, 2.45) is 0 Å². The van der Waals surface area contributed by atoms with Crippen LogP contribution in [0.2, 0.25) is 0 Å². The fourth-order valence-electron chi connectivity index (χ4n) is 3.56. The molecule has 158 valence electrons. The molecule has 0 amide bonds. The molecule has 0 radical (unpaired) electrons. The van der Waals surface area contributed by atoms with Crippen LogP contribution in [-0.2, 0) is 10.2 Å². The Labute approximate surface area is 176 Å². The van der Waals surface area contributed by atoms with Gasteiger partial charge in [-0.1, -0.05) is 51.0 Å². The minimum atomic E-state index is -1.08. The number of hydrogen-bond donors (Lipinski definition) is 1. The van der Waals surface area contributed by atoms with Crippen molar-refractivity contribution in [1.29, 1.82) is 0 Å². The summed E-state index contributed by atoms with van der Waals surface area (Å²) in [5, 5.41) is 10.1. The van der Waals surface area contributed by atoms with Crippen LogP contribution >= 0.6 is 0 Å². The van der Waals surface area contributed by atoms with Gasteiger partial charge < -0.3 is 14.9 Å². The number of carboxylic acids is 1. The topological polar surface area (TPSA) is 43.8 Å². The minimum absolute atomic E-state index is 0.796. The number of unbranched alkanes of at least 4 members (excludes halogenated alkanes) is 2. The van der Waals surface area contributed by atoms with E-state index in [1.807, 2.05) is 48.5 Å². The van der Waals surface area contributed by atoms with E-state index < -0.39 is 11.4 Å². The standard InChI is InChI=1S/C25H36N2O2/c1-6-8-18-26(4)22-14-10-20(11-15-22)25(3,24(28)29)21-12-16-23(17-13-21)27(5)19-9-7-2/h10-17H,6-9,18-19H2,1-5H3,(H,28,29). The van der Waals surface area contributed by atoms with Crippen molar-refractivity contribution in [2.75, 3.05) is 37.0 Å². The highest BCUT2D eigenvalue weighted by Gasteiger charge is 2.37. The average Bonchev–Trinajstić information content (AvgIpc) is 2.75. The Balaban J connectivity index is 2.28. The van der Waals surface area contributed by atoms with Gasteiger partial charge in [0.25, 0.3) is 0 Å². The molecule has 0 aliphatic heterocycles. The molecule has 0 heterocycles. The van der Waals surface area contributed by atoms with Crippen LogP contribution in [-0.4, -0.2) is 38.3 Å². The van der Waals surface area contributed by atoms with Gasteiger partial charge in [0.05, 0.1) is 0 Å². The summed E-state index contributed by atoms with van der Waals surface area (Å²) >= 11 is 0. The van der Waals surface area contributed by atoms with Gasteiger partial charge in [-0.05, 0) is 55.2 Å². The lowest BCUT2D eigenvalue weighted by atomic mass is 9.76.